The maximum Gasteiger partial charge on any atom is 0.225 e. The van der Waals surface area contributed by atoms with Gasteiger partial charge in [-0.1, -0.05) is 6.92 Å². The molecule has 0 spiro atoms. The van der Waals surface area contributed by atoms with Crippen LogP contribution < -0.4 is 10.2 Å². The van der Waals surface area contributed by atoms with E-state index in [1.54, 1.807) is 12.4 Å². The Morgan fingerprint density at radius 1 is 1.36 bits per heavy atom. The van der Waals surface area contributed by atoms with Gasteiger partial charge in [-0.05, 0) is 31.2 Å². The zero-order chi connectivity index (χ0) is 17.2. The summed E-state index contributed by atoms with van der Waals surface area (Å²) in [6.07, 6.45) is 8.43. The first-order valence-corrected chi connectivity index (χ1v) is 9.02. The van der Waals surface area contributed by atoms with Crippen molar-refractivity contribution in [3.8, 4) is 0 Å². The maximum atomic E-state index is 12.2. The van der Waals surface area contributed by atoms with Crippen LogP contribution in [0.3, 0.4) is 0 Å². The molecule has 1 saturated carbocycles. The molecule has 1 amide bonds. The van der Waals surface area contributed by atoms with E-state index >= 15 is 0 Å². The van der Waals surface area contributed by atoms with Crippen molar-refractivity contribution in [2.75, 3.05) is 18.0 Å². The Hall–Kier alpha value is -2.44. The van der Waals surface area contributed by atoms with Crippen LogP contribution in [-0.4, -0.2) is 39.2 Å². The number of hydrogen-bond donors (Lipinski definition) is 2. The van der Waals surface area contributed by atoms with Gasteiger partial charge in [0.1, 0.15) is 0 Å². The molecule has 4 rings (SSSR count). The van der Waals surface area contributed by atoms with Gasteiger partial charge in [-0.15, -0.1) is 0 Å². The highest BCUT2D eigenvalue weighted by atomic mass is 16.1. The van der Waals surface area contributed by atoms with Gasteiger partial charge in [0.25, 0.3) is 0 Å². The number of amides is 1. The summed E-state index contributed by atoms with van der Waals surface area (Å²) < 4.78 is 0. The molecule has 7 nitrogen and oxygen atoms in total. The van der Waals surface area contributed by atoms with Crippen molar-refractivity contribution in [3.05, 3.63) is 35.9 Å². The number of anilines is 1. The standard InChI is InChI=1S/C18H24N6O/c1-12-7-14(8-12)17(25)21-9-15-10-22-23-16(15)13-3-6-24(11-13)18-19-4-2-5-20-18/h2,4-5,10,12-14H,3,6-9,11H2,1H3,(H,21,25)(H,22,23). The molecule has 1 saturated heterocycles. The fraction of sp³-hybridized carbons (Fsp3) is 0.556. The van der Waals surface area contributed by atoms with Crippen LogP contribution in [0.1, 0.15) is 43.4 Å². The van der Waals surface area contributed by atoms with E-state index < -0.39 is 0 Å². The van der Waals surface area contributed by atoms with Gasteiger partial charge in [-0.3, -0.25) is 9.89 Å². The highest BCUT2D eigenvalue weighted by molar-refractivity contribution is 5.79. The molecular weight excluding hydrogens is 316 g/mol. The van der Waals surface area contributed by atoms with Crippen molar-refractivity contribution in [1.29, 1.82) is 0 Å². The molecule has 7 heteroatoms. The Morgan fingerprint density at radius 2 is 2.16 bits per heavy atom. The summed E-state index contributed by atoms with van der Waals surface area (Å²) in [5.74, 6) is 2.20. The van der Waals surface area contributed by atoms with Crippen LogP contribution in [0.25, 0.3) is 0 Å². The first-order valence-electron chi connectivity index (χ1n) is 9.02. The summed E-state index contributed by atoms with van der Waals surface area (Å²) in [4.78, 5) is 23.0. The number of nitrogens with one attached hydrogen (secondary N) is 2. The van der Waals surface area contributed by atoms with E-state index in [9.17, 15) is 4.79 Å². The third-order valence-corrected chi connectivity index (χ3v) is 5.38. The molecule has 2 aromatic heterocycles. The largest absolute Gasteiger partial charge is 0.352 e. The van der Waals surface area contributed by atoms with Crippen molar-refractivity contribution in [1.82, 2.24) is 25.5 Å². The van der Waals surface area contributed by atoms with Crippen molar-refractivity contribution in [2.24, 2.45) is 11.8 Å². The van der Waals surface area contributed by atoms with Gasteiger partial charge in [-0.2, -0.15) is 5.10 Å². The summed E-state index contributed by atoms with van der Waals surface area (Å²) in [5.41, 5.74) is 2.21. The molecule has 25 heavy (non-hydrogen) atoms. The van der Waals surface area contributed by atoms with Crippen LogP contribution in [-0.2, 0) is 11.3 Å². The summed E-state index contributed by atoms with van der Waals surface area (Å²) >= 11 is 0. The van der Waals surface area contributed by atoms with Crippen molar-refractivity contribution >= 4 is 11.9 Å². The van der Waals surface area contributed by atoms with E-state index in [0.717, 1.165) is 49.6 Å². The summed E-state index contributed by atoms with van der Waals surface area (Å²) in [7, 11) is 0. The van der Waals surface area contributed by atoms with E-state index in [1.807, 2.05) is 12.3 Å². The summed E-state index contributed by atoms with van der Waals surface area (Å²) in [5, 5.41) is 10.4. The molecule has 2 N–H and O–H groups in total. The lowest BCUT2D eigenvalue weighted by molar-refractivity contribution is -0.129. The average Bonchev–Trinajstić information content (AvgIpc) is 3.26. The van der Waals surface area contributed by atoms with Crippen LogP contribution in [0, 0.1) is 11.8 Å². The minimum absolute atomic E-state index is 0.177. The normalized spacial score (nSPS) is 25.6. The van der Waals surface area contributed by atoms with Gasteiger partial charge >= 0.3 is 0 Å². The molecule has 0 radical (unpaired) electrons. The molecule has 0 bridgehead atoms. The molecule has 3 heterocycles. The molecule has 1 aliphatic carbocycles. The highest BCUT2D eigenvalue weighted by Gasteiger charge is 2.32. The van der Waals surface area contributed by atoms with Crippen molar-refractivity contribution < 1.29 is 4.79 Å². The van der Waals surface area contributed by atoms with Gasteiger partial charge in [0.2, 0.25) is 11.9 Å². The van der Waals surface area contributed by atoms with E-state index in [2.05, 4.69) is 37.3 Å². The molecule has 1 unspecified atom stereocenters. The second-order valence-electron chi connectivity index (χ2n) is 7.28. The zero-order valence-corrected chi connectivity index (χ0v) is 14.5. The summed E-state index contributed by atoms with van der Waals surface area (Å²) in [6, 6.07) is 1.83. The molecular formula is C18H24N6O. The number of carbonyl (C=O) groups excluding carboxylic acids is 1. The van der Waals surface area contributed by atoms with Crippen LogP contribution in [0.15, 0.2) is 24.7 Å². The Labute approximate surface area is 147 Å². The molecule has 1 atom stereocenters. The van der Waals surface area contributed by atoms with Gasteiger partial charge in [0.15, 0.2) is 0 Å². The van der Waals surface area contributed by atoms with Gasteiger partial charge in [0, 0.05) is 55.1 Å². The topological polar surface area (TPSA) is 86.8 Å². The Bertz CT molecular complexity index is 724. The monoisotopic (exact) mass is 340 g/mol. The molecule has 2 aliphatic rings. The van der Waals surface area contributed by atoms with Crippen LogP contribution >= 0.6 is 0 Å². The minimum atomic E-state index is 0.177. The number of aromatic nitrogens is 4. The lowest BCUT2D eigenvalue weighted by Crippen LogP contribution is -2.37. The second kappa shape index (κ2) is 6.82. The fourth-order valence-electron chi connectivity index (χ4n) is 3.89. The van der Waals surface area contributed by atoms with E-state index in [0.29, 0.717) is 18.4 Å². The number of hydrogen-bond acceptors (Lipinski definition) is 5. The predicted octanol–water partition coefficient (Wildman–Crippen LogP) is 1.86. The maximum absolute atomic E-state index is 12.2. The van der Waals surface area contributed by atoms with Crippen molar-refractivity contribution in [2.45, 2.75) is 38.6 Å². The number of nitrogens with zero attached hydrogens (tertiary/aromatic N) is 4. The molecule has 132 valence electrons. The van der Waals surface area contributed by atoms with Crippen molar-refractivity contribution in [3.63, 3.8) is 0 Å². The lowest BCUT2D eigenvalue weighted by atomic mass is 9.75. The van der Waals surface area contributed by atoms with E-state index in [4.69, 9.17) is 0 Å². The number of rotatable bonds is 5. The fourth-order valence-corrected chi connectivity index (χ4v) is 3.89. The van der Waals surface area contributed by atoms with E-state index in [1.165, 1.54) is 0 Å². The third kappa shape index (κ3) is 3.36. The highest BCUT2D eigenvalue weighted by Crippen LogP contribution is 2.33. The third-order valence-electron chi connectivity index (χ3n) is 5.38. The van der Waals surface area contributed by atoms with Gasteiger partial charge < -0.3 is 10.2 Å². The average molecular weight is 340 g/mol. The van der Waals surface area contributed by atoms with Gasteiger partial charge in [0.05, 0.1) is 6.20 Å². The second-order valence-corrected chi connectivity index (χ2v) is 7.28. The summed E-state index contributed by atoms with van der Waals surface area (Å²) in [6.45, 7) is 4.54. The SMILES string of the molecule is CC1CC(C(=O)NCc2cn[nH]c2C2CCN(c3ncccn3)C2)C1. The molecule has 2 aromatic rings. The quantitative estimate of drug-likeness (QED) is 0.867. The Morgan fingerprint density at radius 3 is 2.92 bits per heavy atom. The lowest BCUT2D eigenvalue weighted by Gasteiger charge is -2.31. The first-order chi connectivity index (χ1) is 12.2. The minimum Gasteiger partial charge on any atom is -0.352 e. The number of H-pyrrole nitrogens is 1. The predicted molar refractivity (Wildman–Crippen MR) is 93.9 cm³/mol. The molecule has 2 fully saturated rings. The first kappa shape index (κ1) is 16.1. The van der Waals surface area contributed by atoms with Crippen LogP contribution in [0.5, 0.6) is 0 Å². The molecule has 0 aromatic carbocycles. The number of carbonyl (C=O) groups is 1. The van der Waals surface area contributed by atoms with Crippen LogP contribution in [0.2, 0.25) is 0 Å². The van der Waals surface area contributed by atoms with Crippen LogP contribution in [0.4, 0.5) is 5.95 Å². The smallest absolute Gasteiger partial charge is 0.225 e. The Kier molecular flexibility index (Phi) is 4.38. The molecule has 1 aliphatic heterocycles. The Balaban J connectivity index is 1.36. The zero-order valence-electron chi connectivity index (χ0n) is 14.5. The van der Waals surface area contributed by atoms with Gasteiger partial charge in [-0.25, -0.2) is 9.97 Å². The van der Waals surface area contributed by atoms with E-state index in [-0.39, 0.29) is 11.8 Å². The number of aromatic amines is 1.